The zero-order valence-electron chi connectivity index (χ0n) is 7.10. The first-order valence-electron chi connectivity index (χ1n) is 4.53. The molecule has 3 rings (SSSR count). The predicted octanol–water partition coefficient (Wildman–Crippen LogP) is 1.35. The quantitative estimate of drug-likeness (QED) is 0.642. The van der Waals surface area contributed by atoms with Crippen molar-refractivity contribution in [1.29, 1.82) is 0 Å². The first-order valence-corrected chi connectivity index (χ1v) is 4.53. The topological polar surface area (TPSA) is 39.4 Å². The molecule has 2 fully saturated rings. The van der Waals surface area contributed by atoms with E-state index >= 15 is 0 Å². The van der Waals surface area contributed by atoms with Crippen molar-refractivity contribution in [2.75, 3.05) is 13.2 Å². The molecule has 0 aromatic carbocycles. The van der Waals surface area contributed by atoms with Crippen molar-refractivity contribution < 1.29 is 13.9 Å². The van der Waals surface area contributed by atoms with Gasteiger partial charge in [-0.1, -0.05) is 0 Å². The summed E-state index contributed by atoms with van der Waals surface area (Å²) in [5.41, 5.74) is 0. The molecule has 3 nitrogen and oxygen atoms in total. The Morgan fingerprint density at radius 1 is 1.38 bits per heavy atom. The maximum Gasteiger partial charge on any atom is 0.201 e. The van der Waals surface area contributed by atoms with Crippen LogP contribution in [0.25, 0.3) is 0 Å². The summed E-state index contributed by atoms with van der Waals surface area (Å²) in [4.78, 5) is 11.7. The minimum Gasteiger partial charge on any atom is -0.461 e. The van der Waals surface area contributed by atoms with Crippen molar-refractivity contribution in [3.8, 4) is 0 Å². The number of ketones is 1. The third kappa shape index (κ3) is 0.968. The lowest BCUT2D eigenvalue weighted by Crippen LogP contribution is -2.08. The second-order valence-electron chi connectivity index (χ2n) is 3.73. The molecule has 1 aromatic heterocycles. The molecule has 13 heavy (non-hydrogen) atoms. The zero-order valence-corrected chi connectivity index (χ0v) is 7.10. The second kappa shape index (κ2) is 2.45. The Labute approximate surface area is 75.7 Å². The molecule has 2 atom stereocenters. The third-order valence-electron chi connectivity index (χ3n) is 3.02. The van der Waals surface area contributed by atoms with Gasteiger partial charge in [0.25, 0.3) is 0 Å². The Morgan fingerprint density at radius 2 is 2.15 bits per heavy atom. The van der Waals surface area contributed by atoms with Crippen molar-refractivity contribution >= 4 is 5.78 Å². The summed E-state index contributed by atoms with van der Waals surface area (Å²) in [6.45, 7) is 1.50. The summed E-state index contributed by atoms with van der Waals surface area (Å²) in [5.74, 6) is 1.78. The molecule has 68 valence electrons. The Hall–Kier alpha value is -1.09. The number of hydrogen-bond donors (Lipinski definition) is 0. The van der Waals surface area contributed by atoms with Gasteiger partial charge in [0.05, 0.1) is 19.5 Å². The summed E-state index contributed by atoms with van der Waals surface area (Å²) in [6, 6.07) is 3.49. The predicted molar refractivity (Wildman–Crippen MR) is 44.3 cm³/mol. The molecule has 1 saturated heterocycles. The highest BCUT2D eigenvalue weighted by Gasteiger charge is 2.58. The van der Waals surface area contributed by atoms with Crippen LogP contribution < -0.4 is 0 Å². The highest BCUT2D eigenvalue weighted by atomic mass is 16.5. The smallest absolute Gasteiger partial charge is 0.201 e. The van der Waals surface area contributed by atoms with Gasteiger partial charge in [0.1, 0.15) is 0 Å². The summed E-state index contributed by atoms with van der Waals surface area (Å²) in [6.07, 6.45) is 1.54. The van der Waals surface area contributed by atoms with Gasteiger partial charge in [-0.25, -0.2) is 0 Å². The van der Waals surface area contributed by atoms with Crippen LogP contribution in [0.3, 0.4) is 0 Å². The van der Waals surface area contributed by atoms with E-state index in [2.05, 4.69) is 0 Å². The lowest BCUT2D eigenvalue weighted by Gasteiger charge is -2.00. The maximum atomic E-state index is 11.7. The van der Waals surface area contributed by atoms with Gasteiger partial charge in [0.15, 0.2) is 5.76 Å². The monoisotopic (exact) mass is 178 g/mol. The normalized spacial score (nSPS) is 35.8. The van der Waals surface area contributed by atoms with Crippen LogP contribution in [0.4, 0.5) is 0 Å². The molecule has 0 amide bonds. The average Bonchev–Trinajstić information content (AvgIpc) is 2.68. The zero-order chi connectivity index (χ0) is 8.84. The van der Waals surface area contributed by atoms with Crippen LogP contribution >= 0.6 is 0 Å². The SMILES string of the molecule is O=C(c1ccco1)C1C2COCC21. The fourth-order valence-electron chi connectivity index (χ4n) is 2.21. The molecule has 1 aliphatic carbocycles. The number of carbonyl (C=O) groups excluding carboxylic acids is 1. The van der Waals surface area contributed by atoms with Crippen molar-refractivity contribution in [3.05, 3.63) is 24.2 Å². The lowest BCUT2D eigenvalue weighted by atomic mass is 10.1. The Morgan fingerprint density at radius 3 is 2.77 bits per heavy atom. The minimum atomic E-state index is 0.156. The van der Waals surface area contributed by atoms with Crippen LogP contribution in [-0.2, 0) is 4.74 Å². The largest absolute Gasteiger partial charge is 0.461 e. The van der Waals surface area contributed by atoms with E-state index in [0.29, 0.717) is 17.6 Å². The fourth-order valence-corrected chi connectivity index (χ4v) is 2.21. The molecule has 0 spiro atoms. The number of fused-ring (bicyclic) bond motifs is 1. The maximum absolute atomic E-state index is 11.7. The Balaban J connectivity index is 1.78. The van der Waals surface area contributed by atoms with Crippen LogP contribution in [0, 0.1) is 17.8 Å². The van der Waals surface area contributed by atoms with Crippen LogP contribution in [0.5, 0.6) is 0 Å². The first kappa shape index (κ1) is 7.33. The van der Waals surface area contributed by atoms with Crippen molar-refractivity contribution in [3.63, 3.8) is 0 Å². The number of rotatable bonds is 2. The van der Waals surface area contributed by atoms with Gasteiger partial charge in [0.2, 0.25) is 5.78 Å². The van der Waals surface area contributed by atoms with E-state index in [1.807, 2.05) is 0 Å². The van der Waals surface area contributed by atoms with E-state index in [1.165, 1.54) is 0 Å². The van der Waals surface area contributed by atoms with Crippen LogP contribution in [-0.4, -0.2) is 19.0 Å². The molecule has 3 heteroatoms. The molecule has 1 aliphatic heterocycles. The van der Waals surface area contributed by atoms with Crippen molar-refractivity contribution in [1.82, 2.24) is 0 Å². The van der Waals surface area contributed by atoms with E-state index in [0.717, 1.165) is 13.2 Å². The highest BCUT2D eigenvalue weighted by Crippen LogP contribution is 2.52. The number of hydrogen-bond acceptors (Lipinski definition) is 3. The fraction of sp³-hybridized carbons (Fsp3) is 0.500. The Kier molecular flexibility index (Phi) is 1.38. The minimum absolute atomic E-state index is 0.156. The molecular formula is C10H10O3. The standard InChI is InChI=1S/C10H10O3/c11-10(8-2-1-3-13-8)9-6-4-12-5-7(6)9/h1-3,6-7,9H,4-5H2. The van der Waals surface area contributed by atoms with E-state index in [9.17, 15) is 4.79 Å². The highest BCUT2D eigenvalue weighted by molar-refractivity contribution is 5.97. The van der Waals surface area contributed by atoms with Gasteiger partial charge in [0, 0.05) is 5.92 Å². The first-order chi connectivity index (χ1) is 6.38. The van der Waals surface area contributed by atoms with Crippen LogP contribution in [0.1, 0.15) is 10.6 Å². The molecule has 0 bridgehead atoms. The third-order valence-corrected chi connectivity index (χ3v) is 3.02. The van der Waals surface area contributed by atoms with Crippen LogP contribution in [0.15, 0.2) is 22.8 Å². The van der Waals surface area contributed by atoms with Gasteiger partial charge < -0.3 is 9.15 Å². The molecule has 0 radical (unpaired) electrons. The number of Topliss-reactive ketones (excluding diaryl/α,β-unsaturated/α-hetero) is 1. The Bertz CT molecular complexity index is 318. The molecular weight excluding hydrogens is 168 g/mol. The lowest BCUT2D eigenvalue weighted by molar-refractivity contribution is 0.0867. The molecule has 0 N–H and O–H groups in total. The van der Waals surface area contributed by atoms with E-state index < -0.39 is 0 Å². The van der Waals surface area contributed by atoms with E-state index in [-0.39, 0.29) is 11.7 Å². The summed E-state index contributed by atoms with van der Waals surface area (Å²) >= 11 is 0. The van der Waals surface area contributed by atoms with E-state index in [1.54, 1.807) is 18.4 Å². The summed E-state index contributed by atoms with van der Waals surface area (Å²) < 4.78 is 10.3. The van der Waals surface area contributed by atoms with Gasteiger partial charge in [-0.15, -0.1) is 0 Å². The van der Waals surface area contributed by atoms with Gasteiger partial charge in [-0.2, -0.15) is 0 Å². The van der Waals surface area contributed by atoms with Crippen molar-refractivity contribution in [2.45, 2.75) is 0 Å². The number of ether oxygens (including phenoxy) is 1. The van der Waals surface area contributed by atoms with E-state index in [4.69, 9.17) is 9.15 Å². The second-order valence-corrected chi connectivity index (χ2v) is 3.73. The average molecular weight is 178 g/mol. The molecule has 2 heterocycles. The van der Waals surface area contributed by atoms with Gasteiger partial charge in [-0.3, -0.25) is 4.79 Å². The summed E-state index contributed by atoms with van der Waals surface area (Å²) in [5, 5.41) is 0. The summed E-state index contributed by atoms with van der Waals surface area (Å²) in [7, 11) is 0. The van der Waals surface area contributed by atoms with Crippen LogP contribution in [0.2, 0.25) is 0 Å². The molecule has 2 unspecified atom stereocenters. The van der Waals surface area contributed by atoms with Crippen molar-refractivity contribution in [2.24, 2.45) is 17.8 Å². The van der Waals surface area contributed by atoms with Gasteiger partial charge >= 0.3 is 0 Å². The molecule has 2 aliphatic rings. The number of furan rings is 1. The molecule has 1 saturated carbocycles. The number of carbonyl (C=O) groups is 1. The van der Waals surface area contributed by atoms with Gasteiger partial charge in [-0.05, 0) is 24.0 Å². The molecule has 1 aromatic rings.